The van der Waals surface area contributed by atoms with Crippen LogP contribution in [-0.4, -0.2) is 42.1 Å². The number of hydrogen-bond donors (Lipinski definition) is 1. The second-order valence-corrected chi connectivity index (χ2v) is 7.85. The molecule has 1 fully saturated rings. The third kappa shape index (κ3) is 6.35. The van der Waals surface area contributed by atoms with Gasteiger partial charge in [-0.2, -0.15) is 0 Å². The van der Waals surface area contributed by atoms with Gasteiger partial charge in [0.25, 0.3) is 0 Å². The van der Waals surface area contributed by atoms with Gasteiger partial charge in [-0.25, -0.2) is 0 Å². The Kier molecular flexibility index (Phi) is 8.35. The van der Waals surface area contributed by atoms with Crippen molar-refractivity contribution < 1.29 is 28.8 Å². The summed E-state index contributed by atoms with van der Waals surface area (Å²) in [5, 5.41) is 9.76. The van der Waals surface area contributed by atoms with Gasteiger partial charge in [0.15, 0.2) is 18.2 Å². The standard InChI is InChI=1S/C27H28O6/c28-16-23-24(29)25(30-17-20-10-4-1-5-11-20)26(31-18-21-12-6-2-7-13-21)27(33-23)32-19-22-14-8-3-9-15-22/h1-15,23,25-28H,16-19H2/t23-,25+,26-,27-/m1/s1. The maximum absolute atomic E-state index is 13.1. The summed E-state index contributed by atoms with van der Waals surface area (Å²) >= 11 is 0. The molecule has 1 heterocycles. The van der Waals surface area contributed by atoms with Gasteiger partial charge in [0, 0.05) is 0 Å². The molecule has 0 spiro atoms. The highest BCUT2D eigenvalue weighted by Crippen LogP contribution is 2.26. The van der Waals surface area contributed by atoms with E-state index in [-0.39, 0.29) is 25.6 Å². The molecule has 6 heteroatoms. The lowest BCUT2D eigenvalue weighted by Gasteiger charge is -2.39. The molecule has 0 aliphatic carbocycles. The van der Waals surface area contributed by atoms with E-state index in [4.69, 9.17) is 18.9 Å². The molecule has 4 rings (SSSR count). The predicted octanol–water partition coefficient (Wildman–Crippen LogP) is 3.66. The number of aliphatic hydroxyl groups excluding tert-OH is 1. The van der Waals surface area contributed by atoms with Gasteiger partial charge >= 0.3 is 0 Å². The molecule has 0 bridgehead atoms. The van der Waals surface area contributed by atoms with Crippen LogP contribution in [0.2, 0.25) is 0 Å². The van der Waals surface area contributed by atoms with Crippen LogP contribution in [0.5, 0.6) is 0 Å². The fourth-order valence-corrected chi connectivity index (χ4v) is 3.68. The number of aliphatic hydroxyl groups is 1. The van der Waals surface area contributed by atoms with Gasteiger partial charge < -0.3 is 24.1 Å². The quantitative estimate of drug-likeness (QED) is 0.510. The number of Topliss-reactive ketones (excluding diaryl/α,β-unsaturated/α-hetero) is 1. The molecule has 1 aliphatic heterocycles. The minimum absolute atomic E-state index is 0.228. The molecule has 0 unspecified atom stereocenters. The first-order valence-electron chi connectivity index (χ1n) is 11.0. The summed E-state index contributed by atoms with van der Waals surface area (Å²) in [6.45, 7) is 0.309. The number of rotatable bonds is 10. The molecule has 1 saturated heterocycles. The molecule has 3 aromatic rings. The summed E-state index contributed by atoms with van der Waals surface area (Å²) in [5.74, 6) is -0.356. The molecule has 1 N–H and O–H groups in total. The first kappa shape index (κ1) is 23.3. The van der Waals surface area contributed by atoms with Gasteiger partial charge in [-0.3, -0.25) is 4.79 Å². The van der Waals surface area contributed by atoms with Gasteiger partial charge in [0.2, 0.25) is 0 Å². The molecule has 4 atom stereocenters. The van der Waals surface area contributed by atoms with E-state index in [2.05, 4.69) is 0 Å². The van der Waals surface area contributed by atoms with Crippen molar-refractivity contribution in [3.05, 3.63) is 108 Å². The highest BCUT2D eigenvalue weighted by molar-refractivity contribution is 5.89. The Morgan fingerprint density at radius 3 is 1.61 bits per heavy atom. The molecular formula is C27H28O6. The first-order chi connectivity index (χ1) is 16.2. The summed E-state index contributed by atoms with van der Waals surface area (Å²) < 4.78 is 24.1. The maximum atomic E-state index is 13.1. The monoisotopic (exact) mass is 448 g/mol. The van der Waals surface area contributed by atoms with Gasteiger partial charge in [0.05, 0.1) is 26.4 Å². The number of ether oxygens (including phenoxy) is 4. The number of carbonyl (C=O) groups excluding carboxylic acids is 1. The van der Waals surface area contributed by atoms with Crippen molar-refractivity contribution in [2.45, 2.75) is 44.4 Å². The molecule has 3 aromatic carbocycles. The second kappa shape index (κ2) is 11.8. The van der Waals surface area contributed by atoms with Crippen molar-refractivity contribution in [2.24, 2.45) is 0 Å². The van der Waals surface area contributed by atoms with E-state index in [1.54, 1.807) is 0 Å². The fourth-order valence-electron chi connectivity index (χ4n) is 3.68. The summed E-state index contributed by atoms with van der Waals surface area (Å²) in [5.41, 5.74) is 2.85. The van der Waals surface area contributed by atoms with Crippen molar-refractivity contribution in [2.75, 3.05) is 6.61 Å². The molecule has 0 radical (unpaired) electrons. The topological polar surface area (TPSA) is 74.2 Å². The summed E-state index contributed by atoms with van der Waals surface area (Å²) in [6, 6.07) is 29.0. The minimum atomic E-state index is -1.04. The van der Waals surface area contributed by atoms with Gasteiger partial charge in [-0.05, 0) is 16.7 Å². The number of carbonyl (C=O) groups is 1. The van der Waals surface area contributed by atoms with Crippen LogP contribution in [0, 0.1) is 0 Å². The Balaban J connectivity index is 1.53. The van der Waals surface area contributed by atoms with Crippen LogP contribution in [0.15, 0.2) is 91.0 Å². The maximum Gasteiger partial charge on any atom is 0.195 e. The van der Waals surface area contributed by atoms with E-state index in [0.29, 0.717) is 0 Å². The molecular weight excluding hydrogens is 420 g/mol. The molecule has 33 heavy (non-hydrogen) atoms. The normalized spacial score (nSPS) is 22.9. The molecule has 1 aliphatic rings. The van der Waals surface area contributed by atoms with Crippen LogP contribution in [0.1, 0.15) is 16.7 Å². The van der Waals surface area contributed by atoms with E-state index in [1.807, 2.05) is 91.0 Å². The summed E-state index contributed by atoms with van der Waals surface area (Å²) in [7, 11) is 0. The first-order valence-corrected chi connectivity index (χ1v) is 11.0. The zero-order valence-corrected chi connectivity index (χ0v) is 18.3. The average molecular weight is 449 g/mol. The number of benzene rings is 3. The summed E-state index contributed by atoms with van der Waals surface area (Å²) in [6.07, 6.45) is -3.67. The van der Waals surface area contributed by atoms with Crippen molar-refractivity contribution in [3.63, 3.8) is 0 Å². The molecule has 6 nitrogen and oxygen atoms in total. The van der Waals surface area contributed by atoms with Crippen molar-refractivity contribution in [3.8, 4) is 0 Å². The largest absolute Gasteiger partial charge is 0.393 e. The van der Waals surface area contributed by atoms with Crippen LogP contribution >= 0.6 is 0 Å². The molecule has 0 aromatic heterocycles. The SMILES string of the molecule is O=C1[C@@H](CO)O[C@@H](OCc2ccccc2)[C@H](OCc2ccccc2)[C@H]1OCc1ccccc1. The van der Waals surface area contributed by atoms with Crippen LogP contribution in [0.25, 0.3) is 0 Å². The summed E-state index contributed by atoms with van der Waals surface area (Å²) in [4.78, 5) is 13.1. The average Bonchev–Trinajstić information content (AvgIpc) is 2.88. The van der Waals surface area contributed by atoms with E-state index in [9.17, 15) is 9.90 Å². The van der Waals surface area contributed by atoms with Gasteiger partial charge in [-0.1, -0.05) is 91.0 Å². The van der Waals surface area contributed by atoms with Gasteiger partial charge in [0.1, 0.15) is 12.2 Å². The van der Waals surface area contributed by atoms with Gasteiger partial charge in [-0.15, -0.1) is 0 Å². The Bertz CT molecular complexity index is 979. The van der Waals surface area contributed by atoms with Crippen LogP contribution in [0.4, 0.5) is 0 Å². The van der Waals surface area contributed by atoms with E-state index in [1.165, 1.54) is 0 Å². The second-order valence-electron chi connectivity index (χ2n) is 7.85. The minimum Gasteiger partial charge on any atom is -0.393 e. The Labute approximate surface area is 193 Å². The third-order valence-electron chi connectivity index (χ3n) is 5.44. The highest BCUT2D eigenvalue weighted by Gasteiger charge is 2.47. The van der Waals surface area contributed by atoms with Crippen molar-refractivity contribution in [1.82, 2.24) is 0 Å². The zero-order chi connectivity index (χ0) is 22.9. The highest BCUT2D eigenvalue weighted by atomic mass is 16.7. The number of hydrogen-bond acceptors (Lipinski definition) is 6. The zero-order valence-electron chi connectivity index (χ0n) is 18.3. The Morgan fingerprint density at radius 2 is 1.12 bits per heavy atom. The Morgan fingerprint density at radius 1 is 0.667 bits per heavy atom. The molecule has 0 amide bonds. The lowest BCUT2D eigenvalue weighted by atomic mass is 10.00. The van der Waals surface area contributed by atoms with E-state index in [0.717, 1.165) is 16.7 Å². The van der Waals surface area contributed by atoms with Crippen LogP contribution in [-0.2, 0) is 43.6 Å². The lowest BCUT2D eigenvalue weighted by molar-refractivity contribution is -0.278. The molecule has 172 valence electrons. The third-order valence-corrected chi connectivity index (χ3v) is 5.44. The van der Waals surface area contributed by atoms with E-state index < -0.39 is 31.2 Å². The van der Waals surface area contributed by atoms with Crippen LogP contribution < -0.4 is 0 Å². The molecule has 0 saturated carbocycles. The van der Waals surface area contributed by atoms with Crippen molar-refractivity contribution >= 4 is 5.78 Å². The predicted molar refractivity (Wildman–Crippen MR) is 122 cm³/mol. The van der Waals surface area contributed by atoms with E-state index >= 15 is 0 Å². The van der Waals surface area contributed by atoms with Crippen molar-refractivity contribution in [1.29, 1.82) is 0 Å². The lowest BCUT2D eigenvalue weighted by Crippen LogP contribution is -2.58. The fraction of sp³-hybridized carbons (Fsp3) is 0.296. The van der Waals surface area contributed by atoms with Crippen LogP contribution in [0.3, 0.4) is 0 Å². The smallest absolute Gasteiger partial charge is 0.195 e. The Hall–Kier alpha value is -2.87. The number of ketones is 1.